The fourth-order valence-corrected chi connectivity index (χ4v) is 2.18. The summed E-state index contributed by atoms with van der Waals surface area (Å²) in [5.74, 6) is 0. The zero-order valence-electron chi connectivity index (χ0n) is 8.27. The number of hydrogen-bond acceptors (Lipinski definition) is 2. The van der Waals surface area contributed by atoms with Gasteiger partial charge in [0.25, 0.3) is 0 Å². The topological polar surface area (TPSA) is 15.3 Å². The van der Waals surface area contributed by atoms with Gasteiger partial charge in [-0.3, -0.25) is 0 Å². The molecule has 0 spiro atoms. The summed E-state index contributed by atoms with van der Waals surface area (Å²) in [6, 6.07) is 0.785. The van der Waals surface area contributed by atoms with Crippen LogP contribution in [0.25, 0.3) is 0 Å². The van der Waals surface area contributed by atoms with Gasteiger partial charge in [0.05, 0.1) is 0 Å². The van der Waals surface area contributed by atoms with Gasteiger partial charge in [0.2, 0.25) is 0 Å². The molecule has 0 bridgehead atoms. The highest BCUT2D eigenvalue weighted by Gasteiger charge is 2.33. The summed E-state index contributed by atoms with van der Waals surface area (Å²) in [4.78, 5) is 2.36. The lowest BCUT2D eigenvalue weighted by molar-refractivity contribution is 0.110. The first-order chi connectivity index (χ1) is 5.68. The average Bonchev–Trinajstić information content (AvgIpc) is 1.92. The van der Waals surface area contributed by atoms with E-state index in [9.17, 15) is 0 Å². The van der Waals surface area contributed by atoms with E-state index in [1.165, 1.54) is 38.9 Å². The molecule has 2 heteroatoms. The van der Waals surface area contributed by atoms with Crippen LogP contribution in [0.5, 0.6) is 0 Å². The molecular formula is C10H20N2. The van der Waals surface area contributed by atoms with E-state index in [-0.39, 0.29) is 0 Å². The SMILES string of the molecule is CN1CC(NCC2(C)CCC2)C1. The van der Waals surface area contributed by atoms with Crippen molar-refractivity contribution in [2.24, 2.45) is 5.41 Å². The van der Waals surface area contributed by atoms with Crippen molar-refractivity contribution in [3.05, 3.63) is 0 Å². The zero-order valence-corrected chi connectivity index (χ0v) is 8.27. The molecule has 70 valence electrons. The first kappa shape index (κ1) is 8.52. The fourth-order valence-electron chi connectivity index (χ4n) is 2.18. The number of hydrogen-bond donors (Lipinski definition) is 1. The standard InChI is InChI=1S/C10H20N2/c1-10(4-3-5-10)8-11-9-6-12(2)7-9/h9,11H,3-8H2,1-2H3. The maximum Gasteiger partial charge on any atom is 0.0322 e. The molecule has 1 heterocycles. The normalized spacial score (nSPS) is 29.5. The van der Waals surface area contributed by atoms with Crippen LogP contribution in [-0.4, -0.2) is 37.6 Å². The van der Waals surface area contributed by atoms with Gasteiger partial charge in [0, 0.05) is 25.7 Å². The maximum absolute atomic E-state index is 3.65. The van der Waals surface area contributed by atoms with Gasteiger partial charge in [-0.1, -0.05) is 13.3 Å². The van der Waals surface area contributed by atoms with E-state index in [0.717, 1.165) is 6.04 Å². The molecule has 0 aromatic rings. The summed E-state index contributed by atoms with van der Waals surface area (Å²) in [7, 11) is 2.18. The minimum absolute atomic E-state index is 0.647. The summed E-state index contributed by atoms with van der Waals surface area (Å²) in [6.45, 7) is 6.14. The number of rotatable bonds is 3. The van der Waals surface area contributed by atoms with Gasteiger partial charge >= 0.3 is 0 Å². The van der Waals surface area contributed by atoms with Crippen LogP contribution in [0.1, 0.15) is 26.2 Å². The van der Waals surface area contributed by atoms with Crippen molar-refractivity contribution in [3.63, 3.8) is 0 Å². The van der Waals surface area contributed by atoms with E-state index >= 15 is 0 Å². The third-order valence-electron chi connectivity index (χ3n) is 3.44. The van der Waals surface area contributed by atoms with Crippen LogP contribution in [0.3, 0.4) is 0 Å². The predicted molar refractivity (Wildman–Crippen MR) is 51.2 cm³/mol. The van der Waals surface area contributed by atoms with Gasteiger partial charge in [0.15, 0.2) is 0 Å². The first-order valence-electron chi connectivity index (χ1n) is 5.10. The van der Waals surface area contributed by atoms with Crippen molar-refractivity contribution >= 4 is 0 Å². The Morgan fingerprint density at radius 2 is 2.08 bits per heavy atom. The van der Waals surface area contributed by atoms with Gasteiger partial charge < -0.3 is 10.2 Å². The van der Waals surface area contributed by atoms with Gasteiger partial charge in [-0.2, -0.15) is 0 Å². The molecule has 0 aromatic carbocycles. The zero-order chi connectivity index (χ0) is 8.60. The molecule has 1 saturated carbocycles. The molecule has 0 atom stereocenters. The second kappa shape index (κ2) is 3.00. The van der Waals surface area contributed by atoms with Gasteiger partial charge in [-0.15, -0.1) is 0 Å². The van der Waals surface area contributed by atoms with E-state index in [4.69, 9.17) is 0 Å². The molecule has 1 saturated heterocycles. The molecule has 2 aliphatic rings. The molecule has 0 amide bonds. The number of likely N-dealkylation sites (N-methyl/N-ethyl adjacent to an activating group) is 1. The number of likely N-dealkylation sites (tertiary alicyclic amines) is 1. The van der Waals surface area contributed by atoms with Crippen molar-refractivity contribution in [2.75, 3.05) is 26.7 Å². The lowest BCUT2D eigenvalue weighted by Crippen LogP contribution is -2.58. The van der Waals surface area contributed by atoms with E-state index in [2.05, 4.69) is 24.2 Å². The highest BCUT2D eigenvalue weighted by atomic mass is 15.2. The van der Waals surface area contributed by atoms with E-state index in [0.29, 0.717) is 5.41 Å². The molecule has 0 radical (unpaired) electrons. The Morgan fingerprint density at radius 3 is 2.50 bits per heavy atom. The molecule has 12 heavy (non-hydrogen) atoms. The monoisotopic (exact) mass is 168 g/mol. The Balaban J connectivity index is 1.62. The molecule has 1 aliphatic heterocycles. The van der Waals surface area contributed by atoms with Crippen molar-refractivity contribution in [3.8, 4) is 0 Å². The van der Waals surface area contributed by atoms with Crippen LogP contribution in [0.4, 0.5) is 0 Å². The molecule has 1 aliphatic carbocycles. The minimum Gasteiger partial charge on any atom is -0.311 e. The largest absolute Gasteiger partial charge is 0.311 e. The van der Waals surface area contributed by atoms with Gasteiger partial charge in [-0.25, -0.2) is 0 Å². The van der Waals surface area contributed by atoms with Crippen LogP contribution in [0.2, 0.25) is 0 Å². The lowest BCUT2D eigenvalue weighted by atomic mass is 9.70. The summed E-state index contributed by atoms with van der Waals surface area (Å²) >= 11 is 0. The minimum atomic E-state index is 0.647. The summed E-state index contributed by atoms with van der Waals surface area (Å²) in [5.41, 5.74) is 0.647. The average molecular weight is 168 g/mol. The van der Waals surface area contributed by atoms with Crippen molar-refractivity contribution in [2.45, 2.75) is 32.2 Å². The Labute approximate surface area is 75.3 Å². The van der Waals surface area contributed by atoms with Crippen molar-refractivity contribution in [1.82, 2.24) is 10.2 Å². The second-order valence-electron chi connectivity index (χ2n) is 4.96. The smallest absolute Gasteiger partial charge is 0.0322 e. The van der Waals surface area contributed by atoms with Gasteiger partial charge in [0.1, 0.15) is 0 Å². The van der Waals surface area contributed by atoms with E-state index < -0.39 is 0 Å². The Hall–Kier alpha value is -0.0800. The Bertz CT molecular complexity index is 157. The van der Waals surface area contributed by atoms with Crippen molar-refractivity contribution in [1.29, 1.82) is 0 Å². The fraction of sp³-hybridized carbons (Fsp3) is 1.00. The molecule has 0 unspecified atom stereocenters. The van der Waals surface area contributed by atoms with Crippen LogP contribution in [0, 0.1) is 5.41 Å². The molecule has 2 rings (SSSR count). The summed E-state index contributed by atoms with van der Waals surface area (Å²) in [6.07, 6.45) is 4.31. The Morgan fingerprint density at radius 1 is 1.42 bits per heavy atom. The van der Waals surface area contributed by atoms with Gasteiger partial charge in [-0.05, 0) is 25.3 Å². The molecular weight excluding hydrogens is 148 g/mol. The Kier molecular flexibility index (Phi) is 2.13. The van der Waals surface area contributed by atoms with E-state index in [1.807, 2.05) is 0 Å². The first-order valence-corrected chi connectivity index (χ1v) is 5.10. The van der Waals surface area contributed by atoms with Crippen LogP contribution < -0.4 is 5.32 Å². The number of nitrogens with one attached hydrogen (secondary N) is 1. The summed E-state index contributed by atoms with van der Waals surface area (Å²) < 4.78 is 0. The molecule has 0 aromatic heterocycles. The molecule has 1 N–H and O–H groups in total. The second-order valence-corrected chi connectivity index (χ2v) is 4.96. The predicted octanol–water partition coefficient (Wildman–Crippen LogP) is 1.08. The van der Waals surface area contributed by atoms with Crippen LogP contribution in [0.15, 0.2) is 0 Å². The highest BCUT2D eigenvalue weighted by Crippen LogP contribution is 2.39. The van der Waals surface area contributed by atoms with E-state index in [1.54, 1.807) is 0 Å². The lowest BCUT2D eigenvalue weighted by Gasteiger charge is -2.43. The van der Waals surface area contributed by atoms with Crippen molar-refractivity contribution < 1.29 is 0 Å². The third-order valence-corrected chi connectivity index (χ3v) is 3.44. The van der Waals surface area contributed by atoms with Crippen LogP contribution >= 0.6 is 0 Å². The molecule has 2 fully saturated rings. The quantitative estimate of drug-likeness (QED) is 0.678. The summed E-state index contributed by atoms with van der Waals surface area (Å²) in [5, 5.41) is 3.65. The van der Waals surface area contributed by atoms with Crippen LogP contribution in [-0.2, 0) is 0 Å². The molecule has 2 nitrogen and oxygen atoms in total. The number of nitrogens with zero attached hydrogens (tertiary/aromatic N) is 1. The maximum atomic E-state index is 3.65. The highest BCUT2D eigenvalue weighted by molar-refractivity contribution is 4.90. The third kappa shape index (κ3) is 1.64.